The molecule has 2 N–H and O–H groups in total. The Labute approximate surface area is 344 Å². The molecule has 4 aromatic heterocycles. The highest BCUT2D eigenvalue weighted by atomic mass is 31.2. The highest BCUT2D eigenvalue weighted by Gasteiger charge is 2.37. The molecule has 60 heavy (non-hydrogen) atoms. The van der Waals surface area contributed by atoms with E-state index in [1.807, 2.05) is 66.7 Å². The summed E-state index contributed by atoms with van der Waals surface area (Å²) in [4.78, 5) is 28.5. The van der Waals surface area contributed by atoms with E-state index in [1.165, 1.54) is 0 Å². The van der Waals surface area contributed by atoms with Crippen molar-refractivity contribution in [2.24, 2.45) is 0 Å². The number of rotatable bonds is 4. The molecule has 8 heteroatoms. The summed E-state index contributed by atoms with van der Waals surface area (Å²) in [6.07, 6.45) is 0. The average Bonchev–Trinajstić information content (AvgIpc) is 3.85. The molecule has 4 heterocycles. The number of para-hydroxylation sites is 2. The third-order valence-electron chi connectivity index (χ3n) is 12.7. The molecule has 1 atom stereocenters. The standard InChI is InChI=1S/C52H37N6OP/c1-28-26-42-50(57-48-40(55-42)24-22-38-46(48)33-16-8-11-19-36(33)53-38)45(30(28)3)35-18-10-13-21-44(35)60(59,32-14-6-5-7-15-32)52-31(4)29(2)27-43-51(52)58-49-41(56-43)25-23-39-47(49)34-17-9-12-20-37(34)54-39/h5-27,55-56H,1-4H3. The molecular formula is C52H37N6OP. The van der Waals surface area contributed by atoms with E-state index in [0.29, 0.717) is 5.52 Å². The smallest absolute Gasteiger partial charge is 0.174 e. The first-order chi connectivity index (χ1) is 29.3. The second-order valence-electron chi connectivity index (χ2n) is 16.1. The SMILES string of the molecule is Cc1cc2[nH]c3ccc4nc5ccccc5c4c3nc2c(-c2ccccc2P(=O)(c2ccccc2)c2c(C)c(C)cc3[nH]c4ccc5nc6ccccc6c5c4nc23)c1C. The number of nitrogens with zero attached hydrogens (tertiary/aromatic N) is 4. The highest BCUT2D eigenvalue weighted by molar-refractivity contribution is 7.86. The van der Waals surface area contributed by atoms with E-state index in [0.717, 1.165) is 132 Å². The molecule has 12 aromatic rings. The third kappa shape index (κ3) is 4.81. The lowest BCUT2D eigenvalue weighted by molar-refractivity contribution is 0.592. The van der Waals surface area contributed by atoms with Crippen LogP contribution in [-0.2, 0) is 4.57 Å². The molecule has 0 radical (unpaired) electrons. The van der Waals surface area contributed by atoms with Gasteiger partial charge < -0.3 is 14.5 Å². The maximum absolute atomic E-state index is 17.3. The Morgan fingerprint density at radius 1 is 0.450 bits per heavy atom. The Bertz CT molecular complexity index is 3870. The minimum atomic E-state index is -3.73. The van der Waals surface area contributed by atoms with Crippen LogP contribution in [0.4, 0.5) is 0 Å². The van der Waals surface area contributed by atoms with Crippen LogP contribution in [0.15, 0.2) is 140 Å². The number of fused-ring (bicyclic) bond motifs is 12. The van der Waals surface area contributed by atoms with Crippen LogP contribution < -0.4 is 15.9 Å². The van der Waals surface area contributed by atoms with Crippen LogP contribution in [0.25, 0.3) is 98.9 Å². The summed E-state index contributed by atoms with van der Waals surface area (Å²) >= 11 is 0. The van der Waals surface area contributed by atoms with Crippen molar-refractivity contribution in [2.75, 3.05) is 0 Å². The van der Waals surface area contributed by atoms with Crippen LogP contribution in [0.2, 0.25) is 0 Å². The number of aryl methyl sites for hydroxylation is 2. The molecule has 286 valence electrons. The van der Waals surface area contributed by atoms with E-state index in [4.69, 9.17) is 19.9 Å². The zero-order chi connectivity index (χ0) is 40.4. The summed E-state index contributed by atoms with van der Waals surface area (Å²) in [5.41, 5.74) is 16.4. The lowest BCUT2D eigenvalue weighted by atomic mass is 9.94. The van der Waals surface area contributed by atoms with Crippen molar-refractivity contribution in [3.63, 3.8) is 0 Å². The zero-order valence-corrected chi connectivity index (χ0v) is 34.3. The van der Waals surface area contributed by atoms with Gasteiger partial charge in [-0.25, -0.2) is 19.9 Å². The Morgan fingerprint density at radius 2 is 0.967 bits per heavy atom. The Hall–Kier alpha value is -7.21. The Kier molecular flexibility index (Phi) is 7.33. The van der Waals surface area contributed by atoms with Crippen molar-refractivity contribution in [3.05, 3.63) is 162 Å². The van der Waals surface area contributed by atoms with Crippen molar-refractivity contribution in [1.82, 2.24) is 29.9 Å². The van der Waals surface area contributed by atoms with E-state index in [9.17, 15) is 0 Å². The molecule has 0 aliphatic heterocycles. The van der Waals surface area contributed by atoms with Gasteiger partial charge in [0, 0.05) is 37.7 Å². The highest BCUT2D eigenvalue weighted by Crippen LogP contribution is 2.50. The van der Waals surface area contributed by atoms with Crippen molar-refractivity contribution >= 4 is 111 Å². The predicted octanol–water partition coefficient (Wildman–Crippen LogP) is 11.7. The lowest BCUT2D eigenvalue weighted by Crippen LogP contribution is -2.29. The van der Waals surface area contributed by atoms with E-state index >= 15 is 4.57 Å². The average molecular weight is 793 g/mol. The van der Waals surface area contributed by atoms with E-state index in [2.05, 4.69) is 110 Å². The van der Waals surface area contributed by atoms with Gasteiger partial charge in [-0.1, -0.05) is 91.0 Å². The summed E-state index contributed by atoms with van der Waals surface area (Å²) in [6.45, 7) is 8.48. The van der Waals surface area contributed by atoms with Gasteiger partial charge in [0.15, 0.2) is 7.14 Å². The number of aromatic amines is 2. The second-order valence-corrected chi connectivity index (χ2v) is 18.7. The number of benzene rings is 8. The van der Waals surface area contributed by atoms with Gasteiger partial charge in [0.2, 0.25) is 0 Å². The number of nitrogens with one attached hydrogen (secondary N) is 2. The summed E-state index contributed by atoms with van der Waals surface area (Å²) in [6, 6.07) is 47.2. The molecule has 12 rings (SSSR count). The second kappa shape index (κ2) is 12.6. The fourth-order valence-corrected chi connectivity index (χ4v) is 12.9. The van der Waals surface area contributed by atoms with E-state index < -0.39 is 7.14 Å². The Balaban J connectivity index is 1.21. The minimum Gasteiger partial charge on any atom is -0.352 e. The molecule has 7 nitrogen and oxygen atoms in total. The van der Waals surface area contributed by atoms with Gasteiger partial charge in [0.1, 0.15) is 0 Å². The monoisotopic (exact) mass is 792 g/mol. The summed E-state index contributed by atoms with van der Waals surface area (Å²) < 4.78 is 17.3. The Morgan fingerprint density at radius 3 is 1.60 bits per heavy atom. The van der Waals surface area contributed by atoms with Crippen LogP contribution in [0, 0.1) is 27.7 Å². The molecule has 0 aliphatic rings. The first-order valence-electron chi connectivity index (χ1n) is 20.3. The fraction of sp³-hybridized carbons (Fsp3) is 0.0769. The molecule has 1 unspecified atom stereocenters. The van der Waals surface area contributed by atoms with Crippen molar-refractivity contribution < 1.29 is 4.57 Å². The van der Waals surface area contributed by atoms with Crippen LogP contribution in [-0.4, -0.2) is 29.9 Å². The molecule has 0 saturated carbocycles. The first-order valence-corrected chi connectivity index (χ1v) is 22.0. The molecule has 0 amide bonds. The minimum absolute atomic E-state index is 0.687. The normalized spacial score (nSPS) is 13.2. The maximum Gasteiger partial charge on any atom is 0.174 e. The first kappa shape index (κ1) is 34.8. The topological polar surface area (TPSA) is 100 Å². The summed E-state index contributed by atoms with van der Waals surface area (Å²) in [5, 5.41) is 6.32. The van der Waals surface area contributed by atoms with Gasteiger partial charge in [-0.05, 0) is 104 Å². The van der Waals surface area contributed by atoms with Crippen LogP contribution in [0.3, 0.4) is 0 Å². The maximum atomic E-state index is 17.3. The van der Waals surface area contributed by atoms with Crippen LogP contribution in [0.5, 0.6) is 0 Å². The van der Waals surface area contributed by atoms with Crippen molar-refractivity contribution in [2.45, 2.75) is 27.7 Å². The number of aromatic nitrogens is 6. The van der Waals surface area contributed by atoms with E-state index in [1.54, 1.807) is 0 Å². The molecule has 0 bridgehead atoms. The number of hydrogen-bond acceptors (Lipinski definition) is 5. The third-order valence-corrected chi connectivity index (χ3v) is 16.0. The van der Waals surface area contributed by atoms with E-state index in [-0.39, 0.29) is 0 Å². The lowest BCUT2D eigenvalue weighted by Gasteiger charge is -2.27. The van der Waals surface area contributed by atoms with Crippen molar-refractivity contribution in [1.29, 1.82) is 0 Å². The van der Waals surface area contributed by atoms with Gasteiger partial charge in [0.25, 0.3) is 0 Å². The predicted molar refractivity (Wildman–Crippen MR) is 250 cm³/mol. The summed E-state index contributed by atoms with van der Waals surface area (Å²) in [5.74, 6) is 0. The van der Waals surface area contributed by atoms with Crippen LogP contribution >= 0.6 is 7.14 Å². The van der Waals surface area contributed by atoms with Crippen LogP contribution in [0.1, 0.15) is 22.3 Å². The molecule has 0 fully saturated rings. The quantitative estimate of drug-likeness (QED) is 0.137. The van der Waals surface area contributed by atoms with Crippen molar-refractivity contribution in [3.8, 4) is 11.1 Å². The molecule has 0 aliphatic carbocycles. The number of H-pyrrole nitrogens is 2. The molecule has 8 aromatic carbocycles. The largest absolute Gasteiger partial charge is 0.352 e. The molecule has 0 saturated heterocycles. The van der Waals surface area contributed by atoms with Gasteiger partial charge in [-0.3, -0.25) is 0 Å². The van der Waals surface area contributed by atoms with Gasteiger partial charge in [-0.2, -0.15) is 0 Å². The zero-order valence-electron chi connectivity index (χ0n) is 33.4. The summed E-state index contributed by atoms with van der Waals surface area (Å²) in [7, 11) is -3.73. The van der Waals surface area contributed by atoms with Gasteiger partial charge >= 0.3 is 0 Å². The molecule has 0 spiro atoms. The fourth-order valence-electron chi connectivity index (χ4n) is 9.56. The molecular weight excluding hydrogens is 756 g/mol. The number of hydrogen-bond donors (Lipinski definition) is 2. The van der Waals surface area contributed by atoms with Gasteiger partial charge in [-0.15, -0.1) is 0 Å². The van der Waals surface area contributed by atoms with Gasteiger partial charge in [0.05, 0.1) is 71.5 Å².